The van der Waals surface area contributed by atoms with Crippen LogP contribution in [0.3, 0.4) is 0 Å². The van der Waals surface area contributed by atoms with Crippen molar-refractivity contribution in [2.45, 2.75) is 12.8 Å². The molecular formula is C17H21N3O3S2. The van der Waals surface area contributed by atoms with Crippen molar-refractivity contribution in [3.63, 3.8) is 0 Å². The maximum atomic E-state index is 12.5. The van der Waals surface area contributed by atoms with Gasteiger partial charge >= 0.3 is 0 Å². The number of aromatic nitrogens is 1. The molecule has 0 N–H and O–H groups in total. The van der Waals surface area contributed by atoms with Gasteiger partial charge in [-0.15, -0.1) is 11.3 Å². The summed E-state index contributed by atoms with van der Waals surface area (Å²) in [6, 6.07) is 9.89. The lowest BCUT2D eigenvalue weighted by atomic mass is 10.1. The van der Waals surface area contributed by atoms with Gasteiger partial charge in [-0.2, -0.15) is 4.31 Å². The predicted octanol–water partition coefficient (Wildman–Crippen LogP) is 1.86. The summed E-state index contributed by atoms with van der Waals surface area (Å²) in [5.74, 6) is 0.0180. The van der Waals surface area contributed by atoms with E-state index in [4.69, 9.17) is 0 Å². The molecule has 1 aromatic heterocycles. The number of hydrogen-bond acceptors (Lipinski definition) is 5. The molecule has 1 fully saturated rings. The number of aryl methyl sites for hydroxylation is 1. The van der Waals surface area contributed by atoms with E-state index in [1.165, 1.54) is 15.6 Å². The van der Waals surface area contributed by atoms with Crippen LogP contribution in [0.15, 0.2) is 41.2 Å². The molecule has 0 bridgehead atoms. The quantitative estimate of drug-likeness (QED) is 0.768. The van der Waals surface area contributed by atoms with Gasteiger partial charge in [0, 0.05) is 31.6 Å². The molecule has 1 amide bonds. The average molecular weight is 380 g/mol. The van der Waals surface area contributed by atoms with Crippen molar-refractivity contribution in [3.05, 3.63) is 52.5 Å². The van der Waals surface area contributed by atoms with Gasteiger partial charge in [-0.05, 0) is 18.4 Å². The number of thiazole rings is 1. The van der Waals surface area contributed by atoms with E-state index in [1.807, 2.05) is 30.3 Å². The van der Waals surface area contributed by atoms with Crippen LogP contribution >= 0.6 is 11.3 Å². The van der Waals surface area contributed by atoms with E-state index in [2.05, 4.69) is 4.98 Å². The Morgan fingerprint density at radius 3 is 2.48 bits per heavy atom. The third-order valence-electron chi connectivity index (χ3n) is 4.28. The number of nitrogens with zero attached hydrogens (tertiary/aromatic N) is 3. The second-order valence-corrected chi connectivity index (χ2v) is 8.78. The highest BCUT2D eigenvalue weighted by atomic mass is 32.2. The maximum absolute atomic E-state index is 12.5. The zero-order chi connectivity index (χ0) is 17.7. The van der Waals surface area contributed by atoms with Gasteiger partial charge in [0.25, 0.3) is 5.91 Å². The molecule has 1 aromatic carbocycles. The van der Waals surface area contributed by atoms with Crippen LogP contribution in [0.25, 0.3) is 0 Å². The minimum absolute atomic E-state index is 0.123. The molecule has 0 saturated carbocycles. The van der Waals surface area contributed by atoms with E-state index in [0.29, 0.717) is 38.3 Å². The SMILES string of the molecule is O=C(c1cscn1)N1CCN(S(=O)(=O)CCCc2ccccc2)CC1. The van der Waals surface area contributed by atoms with E-state index in [0.717, 1.165) is 12.0 Å². The van der Waals surface area contributed by atoms with Crippen LogP contribution in [0.4, 0.5) is 0 Å². The zero-order valence-corrected chi connectivity index (χ0v) is 15.5. The summed E-state index contributed by atoms with van der Waals surface area (Å²) in [6.45, 7) is 1.52. The second-order valence-electron chi connectivity index (χ2n) is 5.97. The summed E-state index contributed by atoms with van der Waals surface area (Å²) in [6.07, 6.45) is 1.35. The second kappa shape index (κ2) is 8.07. The van der Waals surface area contributed by atoms with Crippen LogP contribution in [0.2, 0.25) is 0 Å². The Morgan fingerprint density at radius 1 is 1.12 bits per heavy atom. The summed E-state index contributed by atoms with van der Waals surface area (Å²) < 4.78 is 26.5. The fraction of sp³-hybridized carbons (Fsp3) is 0.412. The maximum Gasteiger partial charge on any atom is 0.273 e. The van der Waals surface area contributed by atoms with Gasteiger partial charge in [-0.1, -0.05) is 30.3 Å². The Hall–Kier alpha value is -1.77. The van der Waals surface area contributed by atoms with Gasteiger partial charge in [0.2, 0.25) is 10.0 Å². The molecule has 0 atom stereocenters. The summed E-state index contributed by atoms with van der Waals surface area (Å²) in [4.78, 5) is 17.9. The smallest absolute Gasteiger partial charge is 0.273 e. The largest absolute Gasteiger partial charge is 0.335 e. The lowest BCUT2D eigenvalue weighted by molar-refractivity contribution is 0.0693. The molecule has 0 radical (unpaired) electrons. The van der Waals surface area contributed by atoms with Crippen molar-refractivity contribution in [2.24, 2.45) is 0 Å². The Balaban J connectivity index is 1.48. The summed E-state index contributed by atoms with van der Waals surface area (Å²) in [5.41, 5.74) is 3.21. The topological polar surface area (TPSA) is 70.6 Å². The van der Waals surface area contributed by atoms with Gasteiger partial charge in [0.1, 0.15) is 5.69 Å². The van der Waals surface area contributed by atoms with Crippen LogP contribution in [-0.4, -0.2) is 60.4 Å². The number of sulfonamides is 1. The summed E-state index contributed by atoms with van der Waals surface area (Å²) in [7, 11) is -3.27. The molecule has 3 rings (SSSR count). The minimum atomic E-state index is -3.27. The molecule has 25 heavy (non-hydrogen) atoms. The standard InChI is InChI=1S/C17H21N3O3S2/c21-17(16-13-24-14-18-16)19-8-10-20(11-9-19)25(22,23)12-4-7-15-5-2-1-3-6-15/h1-3,5-6,13-14H,4,7-12H2. The van der Waals surface area contributed by atoms with Crippen LogP contribution in [0.5, 0.6) is 0 Å². The normalized spacial score (nSPS) is 16.1. The van der Waals surface area contributed by atoms with Crippen molar-refractivity contribution >= 4 is 27.3 Å². The number of amides is 1. The van der Waals surface area contributed by atoms with Crippen molar-refractivity contribution in [1.82, 2.24) is 14.2 Å². The Bertz CT molecular complexity index is 784. The van der Waals surface area contributed by atoms with E-state index < -0.39 is 10.0 Å². The number of benzene rings is 1. The highest BCUT2D eigenvalue weighted by Gasteiger charge is 2.29. The molecule has 1 aliphatic rings. The van der Waals surface area contributed by atoms with E-state index in [-0.39, 0.29) is 11.7 Å². The predicted molar refractivity (Wildman–Crippen MR) is 98.1 cm³/mol. The lowest BCUT2D eigenvalue weighted by Gasteiger charge is -2.33. The van der Waals surface area contributed by atoms with Crippen LogP contribution < -0.4 is 0 Å². The molecule has 2 heterocycles. The first-order valence-electron chi connectivity index (χ1n) is 8.25. The molecule has 1 aliphatic heterocycles. The fourth-order valence-electron chi connectivity index (χ4n) is 2.88. The van der Waals surface area contributed by atoms with Gasteiger partial charge < -0.3 is 4.90 Å². The van der Waals surface area contributed by atoms with E-state index in [1.54, 1.807) is 15.8 Å². The first-order valence-corrected chi connectivity index (χ1v) is 10.8. The Labute approximate surface area is 152 Å². The minimum Gasteiger partial charge on any atom is -0.335 e. The van der Waals surface area contributed by atoms with Gasteiger partial charge in [-0.25, -0.2) is 13.4 Å². The first kappa shape index (κ1) is 18.0. The highest BCUT2D eigenvalue weighted by molar-refractivity contribution is 7.89. The number of hydrogen-bond donors (Lipinski definition) is 0. The molecule has 2 aromatic rings. The van der Waals surface area contributed by atoms with Gasteiger partial charge in [-0.3, -0.25) is 4.79 Å². The number of rotatable bonds is 6. The third kappa shape index (κ3) is 4.65. The first-order chi connectivity index (χ1) is 12.1. The van der Waals surface area contributed by atoms with Crippen molar-refractivity contribution in [1.29, 1.82) is 0 Å². The third-order valence-corrected chi connectivity index (χ3v) is 6.82. The molecule has 6 nitrogen and oxygen atoms in total. The van der Waals surface area contributed by atoms with Crippen LogP contribution in [-0.2, 0) is 16.4 Å². The van der Waals surface area contributed by atoms with Crippen LogP contribution in [0, 0.1) is 0 Å². The summed E-state index contributed by atoms with van der Waals surface area (Å²) in [5, 5.41) is 1.72. The van der Waals surface area contributed by atoms with Gasteiger partial charge in [0.15, 0.2) is 0 Å². The number of carbonyl (C=O) groups excluding carboxylic acids is 1. The zero-order valence-electron chi connectivity index (χ0n) is 13.9. The molecule has 8 heteroatoms. The number of piperazine rings is 1. The average Bonchev–Trinajstić information content (AvgIpc) is 3.17. The molecule has 134 valence electrons. The number of carbonyl (C=O) groups is 1. The molecular weight excluding hydrogens is 358 g/mol. The van der Waals surface area contributed by atoms with Crippen molar-refractivity contribution in [3.8, 4) is 0 Å². The Kier molecular flexibility index (Phi) is 5.82. The van der Waals surface area contributed by atoms with E-state index >= 15 is 0 Å². The fourth-order valence-corrected chi connectivity index (χ4v) is 4.89. The molecule has 0 unspecified atom stereocenters. The molecule has 0 aliphatic carbocycles. The Morgan fingerprint density at radius 2 is 1.84 bits per heavy atom. The lowest BCUT2D eigenvalue weighted by Crippen LogP contribution is -2.51. The molecule has 0 spiro atoms. The highest BCUT2D eigenvalue weighted by Crippen LogP contribution is 2.13. The van der Waals surface area contributed by atoms with Crippen molar-refractivity contribution in [2.75, 3.05) is 31.9 Å². The van der Waals surface area contributed by atoms with Crippen LogP contribution in [0.1, 0.15) is 22.5 Å². The van der Waals surface area contributed by atoms with Crippen molar-refractivity contribution < 1.29 is 13.2 Å². The molecule has 1 saturated heterocycles. The summed E-state index contributed by atoms with van der Waals surface area (Å²) >= 11 is 1.38. The monoisotopic (exact) mass is 379 g/mol. The van der Waals surface area contributed by atoms with E-state index in [9.17, 15) is 13.2 Å². The van der Waals surface area contributed by atoms with Gasteiger partial charge in [0.05, 0.1) is 11.3 Å².